The molecule has 0 bridgehead atoms. The standard InChI is InChI=1S/C25H35N3O7/c1-14(2)27-11-7-10-25-20(22(31)28(15(3)13-29)21(25)23(27)32)19-17(35-25)8-5-6-9-18(30)26-12-16(4)34-24(19)33/h5,7-8,10,14-17,19-21,29H,6,9,11-13H2,1-4H3,(H,26,30)/b8-5-/t15-,16+,17+,19-,20-,21+,25-/m1/s1. The highest BCUT2D eigenvalue weighted by atomic mass is 16.6. The van der Waals surface area contributed by atoms with Gasteiger partial charge >= 0.3 is 5.97 Å². The highest BCUT2D eigenvalue weighted by molar-refractivity contribution is 5.99. The van der Waals surface area contributed by atoms with Crippen molar-refractivity contribution in [1.29, 1.82) is 0 Å². The molecule has 35 heavy (non-hydrogen) atoms. The number of esters is 1. The minimum absolute atomic E-state index is 0.118. The van der Waals surface area contributed by atoms with Crippen molar-refractivity contribution < 1.29 is 33.8 Å². The van der Waals surface area contributed by atoms with Crippen molar-refractivity contribution in [3.8, 4) is 0 Å². The van der Waals surface area contributed by atoms with Crippen LogP contribution in [0.5, 0.6) is 0 Å². The summed E-state index contributed by atoms with van der Waals surface area (Å²) in [4.78, 5) is 56.3. The largest absolute Gasteiger partial charge is 0.460 e. The quantitative estimate of drug-likeness (QED) is 0.427. The molecule has 4 aliphatic heterocycles. The molecule has 2 saturated heterocycles. The Bertz CT molecular complexity index is 947. The molecular weight excluding hydrogens is 454 g/mol. The lowest BCUT2D eigenvalue weighted by atomic mass is 9.78. The van der Waals surface area contributed by atoms with Gasteiger partial charge in [0.2, 0.25) is 17.7 Å². The second-order valence-electron chi connectivity index (χ2n) is 10.1. The van der Waals surface area contributed by atoms with E-state index in [2.05, 4.69) is 5.32 Å². The molecule has 192 valence electrons. The van der Waals surface area contributed by atoms with E-state index in [0.29, 0.717) is 13.0 Å². The van der Waals surface area contributed by atoms with Crippen molar-refractivity contribution in [3.05, 3.63) is 24.3 Å². The summed E-state index contributed by atoms with van der Waals surface area (Å²) in [7, 11) is 0. The predicted molar refractivity (Wildman–Crippen MR) is 125 cm³/mol. The van der Waals surface area contributed by atoms with E-state index in [4.69, 9.17) is 9.47 Å². The number of allylic oxidation sites excluding steroid dienone is 1. The van der Waals surface area contributed by atoms with Crippen LogP contribution in [0.1, 0.15) is 40.5 Å². The summed E-state index contributed by atoms with van der Waals surface area (Å²) in [6, 6.07) is -1.78. The van der Waals surface area contributed by atoms with Gasteiger partial charge in [0.1, 0.15) is 23.7 Å². The molecule has 0 aliphatic carbocycles. The van der Waals surface area contributed by atoms with Crippen LogP contribution >= 0.6 is 0 Å². The Kier molecular flexibility index (Phi) is 7.06. The molecule has 3 amide bonds. The third kappa shape index (κ3) is 4.27. The number of hydrogen-bond acceptors (Lipinski definition) is 7. The average molecular weight is 490 g/mol. The van der Waals surface area contributed by atoms with Crippen LogP contribution in [0.2, 0.25) is 0 Å². The van der Waals surface area contributed by atoms with Crippen LogP contribution < -0.4 is 5.32 Å². The number of rotatable bonds is 3. The van der Waals surface area contributed by atoms with Gasteiger partial charge in [0.05, 0.1) is 31.2 Å². The number of fused-ring (bicyclic) bond motifs is 2. The lowest BCUT2D eigenvalue weighted by molar-refractivity contribution is -0.159. The normalized spacial score (nSPS) is 37.5. The summed E-state index contributed by atoms with van der Waals surface area (Å²) in [6.07, 6.45) is 6.35. The van der Waals surface area contributed by atoms with Crippen LogP contribution in [0.15, 0.2) is 24.3 Å². The molecule has 7 atom stereocenters. The Labute approximate surface area is 205 Å². The highest BCUT2D eigenvalue weighted by Crippen LogP contribution is 2.53. The number of likely N-dealkylation sites (tertiary alicyclic amines) is 1. The van der Waals surface area contributed by atoms with Crippen molar-refractivity contribution in [2.75, 3.05) is 19.7 Å². The number of aliphatic hydroxyl groups excluding tert-OH is 1. The van der Waals surface area contributed by atoms with Gasteiger partial charge in [-0.25, -0.2) is 0 Å². The number of carbonyl (C=O) groups is 4. The molecule has 4 heterocycles. The van der Waals surface area contributed by atoms with Crippen LogP contribution in [-0.2, 0) is 28.7 Å². The summed E-state index contributed by atoms with van der Waals surface area (Å²) in [6.45, 7) is 7.33. The average Bonchev–Trinajstić information content (AvgIpc) is 3.19. The Morgan fingerprint density at radius 2 is 1.91 bits per heavy atom. The Balaban J connectivity index is 1.82. The molecule has 4 aliphatic rings. The Morgan fingerprint density at radius 1 is 1.17 bits per heavy atom. The fraction of sp³-hybridized carbons (Fsp3) is 0.680. The molecule has 4 rings (SSSR count). The van der Waals surface area contributed by atoms with E-state index in [9.17, 15) is 24.3 Å². The maximum Gasteiger partial charge on any atom is 0.313 e. The van der Waals surface area contributed by atoms with E-state index in [1.807, 2.05) is 19.9 Å². The number of carbonyl (C=O) groups excluding carboxylic acids is 4. The Hall–Kier alpha value is -2.72. The monoisotopic (exact) mass is 489 g/mol. The van der Waals surface area contributed by atoms with E-state index >= 15 is 0 Å². The summed E-state index contributed by atoms with van der Waals surface area (Å²) in [5.74, 6) is -3.41. The molecule has 10 nitrogen and oxygen atoms in total. The van der Waals surface area contributed by atoms with E-state index in [-0.39, 0.29) is 37.4 Å². The maximum atomic E-state index is 13.9. The van der Waals surface area contributed by atoms with Gasteiger partial charge in [-0.3, -0.25) is 19.2 Å². The molecule has 0 radical (unpaired) electrons. The van der Waals surface area contributed by atoms with Crippen molar-refractivity contribution in [3.63, 3.8) is 0 Å². The number of nitrogens with one attached hydrogen (secondary N) is 1. The minimum atomic E-state index is -1.38. The first kappa shape index (κ1) is 25.4. The maximum absolute atomic E-state index is 13.9. The van der Waals surface area contributed by atoms with Gasteiger partial charge in [0.25, 0.3) is 0 Å². The van der Waals surface area contributed by atoms with Gasteiger partial charge in [-0.15, -0.1) is 0 Å². The molecule has 0 aromatic heterocycles. The number of cyclic esters (lactones) is 1. The number of aliphatic hydroxyl groups is 1. The van der Waals surface area contributed by atoms with Crippen LogP contribution in [0.25, 0.3) is 0 Å². The van der Waals surface area contributed by atoms with Crippen LogP contribution in [0.4, 0.5) is 0 Å². The summed E-state index contributed by atoms with van der Waals surface area (Å²) in [5, 5.41) is 12.7. The second-order valence-corrected chi connectivity index (χ2v) is 10.1. The highest BCUT2D eigenvalue weighted by Gasteiger charge is 2.72. The molecule has 0 aromatic rings. The molecule has 2 fully saturated rings. The molecule has 1 spiro atoms. The zero-order valence-corrected chi connectivity index (χ0v) is 20.7. The fourth-order valence-electron chi connectivity index (χ4n) is 5.65. The number of hydrogen-bond donors (Lipinski definition) is 2. The van der Waals surface area contributed by atoms with Crippen LogP contribution in [0, 0.1) is 11.8 Å². The van der Waals surface area contributed by atoms with Crippen molar-refractivity contribution >= 4 is 23.7 Å². The van der Waals surface area contributed by atoms with Gasteiger partial charge in [0, 0.05) is 19.0 Å². The summed E-state index contributed by atoms with van der Waals surface area (Å²) in [5.41, 5.74) is -1.38. The van der Waals surface area contributed by atoms with Crippen LogP contribution in [0.3, 0.4) is 0 Å². The molecule has 0 saturated carbocycles. The molecule has 10 heteroatoms. The van der Waals surface area contributed by atoms with Crippen molar-refractivity contribution in [2.24, 2.45) is 11.8 Å². The Morgan fingerprint density at radius 3 is 2.60 bits per heavy atom. The van der Waals surface area contributed by atoms with Crippen LogP contribution in [-0.4, -0.2) is 94.2 Å². The first-order valence-electron chi connectivity index (χ1n) is 12.3. The predicted octanol–water partition coefficient (Wildman–Crippen LogP) is 0.153. The molecule has 0 unspecified atom stereocenters. The second kappa shape index (κ2) is 9.73. The summed E-state index contributed by atoms with van der Waals surface area (Å²) >= 11 is 0. The smallest absolute Gasteiger partial charge is 0.313 e. The van der Waals surface area contributed by atoms with Gasteiger partial charge in [-0.05, 0) is 34.1 Å². The third-order valence-corrected chi connectivity index (χ3v) is 7.37. The first-order chi connectivity index (χ1) is 16.6. The molecule has 0 aromatic carbocycles. The van der Waals surface area contributed by atoms with E-state index in [0.717, 1.165) is 0 Å². The van der Waals surface area contributed by atoms with Gasteiger partial charge in [0.15, 0.2) is 0 Å². The SMILES string of the molecule is CC(C)N1CC=C[C@@]23O[C@H]4/C=C\CCC(=O)NC[C@H](C)OC(=O)[C@H]4[C@@H]2C(=O)N([C@H](C)CO)[C@H]3C1=O. The summed E-state index contributed by atoms with van der Waals surface area (Å²) < 4.78 is 12.2. The number of nitrogens with zero attached hydrogens (tertiary/aromatic N) is 2. The van der Waals surface area contributed by atoms with E-state index < -0.39 is 53.6 Å². The van der Waals surface area contributed by atoms with Crippen molar-refractivity contribution in [1.82, 2.24) is 15.1 Å². The van der Waals surface area contributed by atoms with E-state index in [1.165, 1.54) is 4.90 Å². The zero-order chi connectivity index (χ0) is 25.5. The number of amides is 3. The van der Waals surface area contributed by atoms with E-state index in [1.54, 1.807) is 37.0 Å². The topological polar surface area (TPSA) is 125 Å². The minimum Gasteiger partial charge on any atom is -0.460 e. The third-order valence-electron chi connectivity index (χ3n) is 7.37. The lowest BCUT2D eigenvalue weighted by Gasteiger charge is -2.38. The lowest BCUT2D eigenvalue weighted by Crippen LogP contribution is -2.58. The van der Waals surface area contributed by atoms with Gasteiger partial charge in [-0.2, -0.15) is 0 Å². The molecular formula is C25H35N3O7. The van der Waals surface area contributed by atoms with Gasteiger partial charge in [-0.1, -0.05) is 24.3 Å². The zero-order valence-electron chi connectivity index (χ0n) is 20.7. The fourth-order valence-corrected chi connectivity index (χ4v) is 5.65. The van der Waals surface area contributed by atoms with Crippen molar-refractivity contribution in [2.45, 2.75) is 76.5 Å². The number of ether oxygens (including phenoxy) is 2. The van der Waals surface area contributed by atoms with Gasteiger partial charge < -0.3 is 29.7 Å². The first-order valence-corrected chi connectivity index (χ1v) is 12.3. The molecule has 2 N–H and O–H groups in total.